The molecule has 0 aliphatic rings. The van der Waals surface area contributed by atoms with Crippen molar-refractivity contribution in [3.63, 3.8) is 0 Å². The summed E-state index contributed by atoms with van der Waals surface area (Å²) in [5.74, 6) is 1.10. The number of pyridine rings is 1. The van der Waals surface area contributed by atoms with Gasteiger partial charge in [0, 0.05) is 25.1 Å². The Bertz CT molecular complexity index is 775. The summed E-state index contributed by atoms with van der Waals surface area (Å²) < 4.78 is 0. The van der Waals surface area contributed by atoms with Crippen LogP contribution in [0.5, 0.6) is 0 Å². The molecular weight excluding hydrogens is 333 g/mol. The van der Waals surface area contributed by atoms with Crippen molar-refractivity contribution in [3.8, 4) is 0 Å². The van der Waals surface area contributed by atoms with E-state index in [1.807, 2.05) is 12.1 Å². The average molecular weight is 346 g/mol. The molecule has 0 bridgehead atoms. The molecule has 0 amide bonds. The molecule has 3 aromatic rings. The summed E-state index contributed by atoms with van der Waals surface area (Å²) in [5.41, 5.74) is 1.65. The second kappa shape index (κ2) is 7.26. The van der Waals surface area contributed by atoms with Crippen LogP contribution in [0.15, 0.2) is 55.0 Å². The maximum absolute atomic E-state index is 6.14. The number of benzene rings is 1. The molecule has 0 fully saturated rings. The SMILES string of the molecule is Clc1cccc(Cl)c1Nc1nccc(NCc2cccnc2)n1. The number of nitrogens with one attached hydrogen (secondary N) is 2. The zero-order chi connectivity index (χ0) is 16.1. The molecule has 2 heterocycles. The highest BCUT2D eigenvalue weighted by molar-refractivity contribution is 6.39. The van der Waals surface area contributed by atoms with Crippen LogP contribution in [-0.2, 0) is 6.54 Å². The van der Waals surface area contributed by atoms with Crippen molar-refractivity contribution in [2.75, 3.05) is 10.6 Å². The molecule has 0 aliphatic carbocycles. The zero-order valence-electron chi connectivity index (χ0n) is 12.0. The van der Waals surface area contributed by atoms with Gasteiger partial charge >= 0.3 is 0 Å². The monoisotopic (exact) mass is 345 g/mol. The second-order valence-electron chi connectivity index (χ2n) is 4.70. The Balaban J connectivity index is 1.72. The summed E-state index contributed by atoms with van der Waals surface area (Å²) in [6, 6.07) is 11.0. The van der Waals surface area contributed by atoms with Crippen molar-refractivity contribution in [3.05, 3.63) is 70.6 Å². The maximum Gasteiger partial charge on any atom is 0.229 e. The first-order chi connectivity index (χ1) is 11.2. The van der Waals surface area contributed by atoms with Crippen LogP contribution in [-0.4, -0.2) is 15.0 Å². The Morgan fingerprint density at radius 1 is 0.957 bits per heavy atom. The fourth-order valence-corrected chi connectivity index (χ4v) is 2.43. The molecule has 0 spiro atoms. The summed E-state index contributed by atoms with van der Waals surface area (Å²) >= 11 is 12.3. The van der Waals surface area contributed by atoms with Gasteiger partial charge in [-0.05, 0) is 29.8 Å². The lowest BCUT2D eigenvalue weighted by Crippen LogP contribution is -2.04. The Morgan fingerprint density at radius 3 is 2.52 bits per heavy atom. The maximum atomic E-state index is 6.14. The van der Waals surface area contributed by atoms with Gasteiger partial charge in [-0.1, -0.05) is 35.3 Å². The molecule has 0 saturated carbocycles. The van der Waals surface area contributed by atoms with Gasteiger partial charge in [-0.15, -0.1) is 0 Å². The Morgan fingerprint density at radius 2 is 1.78 bits per heavy atom. The molecular formula is C16H13Cl2N5. The normalized spacial score (nSPS) is 10.3. The van der Waals surface area contributed by atoms with Crippen LogP contribution in [0.2, 0.25) is 10.0 Å². The first-order valence-electron chi connectivity index (χ1n) is 6.89. The molecule has 1 aromatic carbocycles. The van der Waals surface area contributed by atoms with E-state index < -0.39 is 0 Å². The number of para-hydroxylation sites is 1. The number of hydrogen-bond donors (Lipinski definition) is 2. The van der Waals surface area contributed by atoms with E-state index in [4.69, 9.17) is 23.2 Å². The number of anilines is 3. The van der Waals surface area contributed by atoms with E-state index in [-0.39, 0.29) is 0 Å². The molecule has 0 saturated heterocycles. The topological polar surface area (TPSA) is 62.7 Å². The molecule has 0 atom stereocenters. The van der Waals surface area contributed by atoms with Crippen LogP contribution < -0.4 is 10.6 Å². The lowest BCUT2D eigenvalue weighted by Gasteiger charge is -2.10. The summed E-state index contributed by atoms with van der Waals surface area (Å²) in [7, 11) is 0. The fourth-order valence-electron chi connectivity index (χ4n) is 1.94. The molecule has 5 nitrogen and oxygen atoms in total. The van der Waals surface area contributed by atoms with E-state index in [2.05, 4.69) is 25.6 Å². The third kappa shape index (κ3) is 4.09. The minimum atomic E-state index is 0.413. The van der Waals surface area contributed by atoms with Crippen molar-refractivity contribution in [1.29, 1.82) is 0 Å². The van der Waals surface area contributed by atoms with Gasteiger partial charge in [-0.25, -0.2) is 4.98 Å². The standard InChI is InChI=1S/C16H13Cl2N5/c17-12-4-1-5-13(18)15(12)23-16-20-8-6-14(22-16)21-10-11-3-2-7-19-9-11/h1-9H,10H2,(H2,20,21,22,23). The van der Waals surface area contributed by atoms with Gasteiger partial charge in [-0.3, -0.25) is 4.98 Å². The van der Waals surface area contributed by atoms with Gasteiger partial charge in [0.25, 0.3) is 0 Å². The molecule has 2 aromatic heterocycles. The predicted molar refractivity (Wildman–Crippen MR) is 93.3 cm³/mol. The van der Waals surface area contributed by atoms with E-state index in [1.54, 1.807) is 42.9 Å². The van der Waals surface area contributed by atoms with E-state index in [1.165, 1.54) is 0 Å². The van der Waals surface area contributed by atoms with Gasteiger partial charge in [0.2, 0.25) is 5.95 Å². The lowest BCUT2D eigenvalue weighted by atomic mass is 10.3. The van der Waals surface area contributed by atoms with Crippen LogP contribution in [0, 0.1) is 0 Å². The quantitative estimate of drug-likeness (QED) is 0.710. The van der Waals surface area contributed by atoms with E-state index in [0.717, 1.165) is 5.56 Å². The Kier molecular flexibility index (Phi) is 4.90. The molecule has 0 unspecified atom stereocenters. The van der Waals surface area contributed by atoms with Crippen LogP contribution >= 0.6 is 23.2 Å². The largest absolute Gasteiger partial charge is 0.366 e. The summed E-state index contributed by atoms with van der Waals surface area (Å²) in [5, 5.41) is 7.28. The van der Waals surface area contributed by atoms with E-state index in [0.29, 0.717) is 34.0 Å². The molecule has 0 radical (unpaired) electrons. The molecule has 2 N–H and O–H groups in total. The molecule has 7 heteroatoms. The van der Waals surface area contributed by atoms with Crippen molar-refractivity contribution >= 4 is 40.7 Å². The highest BCUT2D eigenvalue weighted by atomic mass is 35.5. The van der Waals surface area contributed by atoms with E-state index in [9.17, 15) is 0 Å². The summed E-state index contributed by atoms with van der Waals surface area (Å²) in [4.78, 5) is 12.6. The third-order valence-corrected chi connectivity index (χ3v) is 3.68. The molecule has 116 valence electrons. The number of rotatable bonds is 5. The number of halogens is 2. The molecule has 23 heavy (non-hydrogen) atoms. The average Bonchev–Trinajstić information content (AvgIpc) is 2.58. The number of nitrogens with zero attached hydrogens (tertiary/aromatic N) is 3. The van der Waals surface area contributed by atoms with Crippen molar-refractivity contribution < 1.29 is 0 Å². The van der Waals surface area contributed by atoms with Gasteiger partial charge in [-0.2, -0.15) is 4.98 Å². The van der Waals surface area contributed by atoms with Gasteiger partial charge < -0.3 is 10.6 Å². The van der Waals surface area contributed by atoms with Gasteiger partial charge in [0.15, 0.2) is 0 Å². The van der Waals surface area contributed by atoms with Crippen molar-refractivity contribution in [2.45, 2.75) is 6.54 Å². The minimum absolute atomic E-state index is 0.413. The third-order valence-electron chi connectivity index (χ3n) is 3.05. The first kappa shape index (κ1) is 15.5. The molecule has 3 rings (SSSR count). The summed E-state index contributed by atoms with van der Waals surface area (Å²) in [6.45, 7) is 0.622. The Hall–Kier alpha value is -2.37. The first-order valence-corrected chi connectivity index (χ1v) is 7.65. The lowest BCUT2D eigenvalue weighted by molar-refractivity contribution is 1.07. The smallest absolute Gasteiger partial charge is 0.229 e. The Labute approximate surface area is 143 Å². The summed E-state index contributed by atoms with van der Waals surface area (Å²) in [6.07, 6.45) is 5.20. The van der Waals surface area contributed by atoms with E-state index >= 15 is 0 Å². The highest BCUT2D eigenvalue weighted by Crippen LogP contribution is 2.31. The van der Waals surface area contributed by atoms with Gasteiger partial charge in [0.05, 0.1) is 15.7 Å². The highest BCUT2D eigenvalue weighted by Gasteiger charge is 2.07. The van der Waals surface area contributed by atoms with Crippen LogP contribution in [0.25, 0.3) is 0 Å². The van der Waals surface area contributed by atoms with Crippen LogP contribution in [0.1, 0.15) is 5.56 Å². The fraction of sp³-hybridized carbons (Fsp3) is 0.0625. The van der Waals surface area contributed by atoms with Crippen molar-refractivity contribution in [1.82, 2.24) is 15.0 Å². The van der Waals surface area contributed by atoms with Gasteiger partial charge in [0.1, 0.15) is 5.82 Å². The number of aromatic nitrogens is 3. The predicted octanol–water partition coefficient (Wildman–Crippen LogP) is 4.53. The van der Waals surface area contributed by atoms with Crippen molar-refractivity contribution in [2.24, 2.45) is 0 Å². The molecule has 0 aliphatic heterocycles. The minimum Gasteiger partial charge on any atom is -0.366 e. The van der Waals surface area contributed by atoms with Crippen LogP contribution in [0.3, 0.4) is 0 Å². The second-order valence-corrected chi connectivity index (χ2v) is 5.52. The number of hydrogen-bond acceptors (Lipinski definition) is 5. The van der Waals surface area contributed by atoms with Crippen LogP contribution in [0.4, 0.5) is 17.5 Å². The zero-order valence-corrected chi connectivity index (χ0v) is 13.5.